The summed E-state index contributed by atoms with van der Waals surface area (Å²) in [7, 11) is 0. The molecule has 15 saturated carbocycles. The average Bonchev–Trinajstić information content (AvgIpc) is 1.56. The second-order valence-corrected chi connectivity index (χ2v) is 39.0. The van der Waals surface area contributed by atoms with Gasteiger partial charge in [0.05, 0.1) is 51.5 Å². The Morgan fingerprint density at radius 1 is 0.360 bits per heavy atom. The zero-order chi connectivity index (χ0) is 72.8. The quantitative estimate of drug-likeness (QED) is 0.0387. The Kier molecular flexibility index (Phi) is 25.8. The number of carbonyl (C=O) groups excluding carboxylic acids is 5. The summed E-state index contributed by atoms with van der Waals surface area (Å²) >= 11 is 0. The highest BCUT2D eigenvalue weighted by molar-refractivity contribution is 5.77. The Hall–Kier alpha value is -2.81. The van der Waals surface area contributed by atoms with Gasteiger partial charge in [0.1, 0.15) is 5.60 Å². The molecule has 20 unspecified atom stereocenters. The fraction of sp³-hybridized carbons (Fsp3) is 0.942. The number of ether oxygens (including phenoxy) is 9. The van der Waals surface area contributed by atoms with Crippen molar-refractivity contribution in [2.24, 2.45) is 140 Å². The highest BCUT2D eigenvalue weighted by Gasteiger charge is 2.64. The molecule has 0 aromatic rings. The van der Waals surface area contributed by atoms with Crippen molar-refractivity contribution >= 4 is 29.8 Å². The summed E-state index contributed by atoms with van der Waals surface area (Å²) in [5, 5.41) is 0. The van der Waals surface area contributed by atoms with Crippen molar-refractivity contribution in [3.05, 3.63) is 0 Å². The number of esters is 5. The molecule has 0 saturated heterocycles. The molecule has 0 aliphatic heterocycles. The fourth-order valence-electron chi connectivity index (χ4n) is 22.7. The molecule has 15 aliphatic rings. The minimum Gasteiger partial charge on any atom is -0.458 e. The van der Waals surface area contributed by atoms with Crippen LogP contribution in [0.4, 0.5) is 0 Å². The minimum absolute atomic E-state index is 0.0226. The first-order valence-electron chi connectivity index (χ1n) is 41.7. The first-order valence-corrected chi connectivity index (χ1v) is 41.7. The predicted molar refractivity (Wildman–Crippen MR) is 390 cm³/mol. The normalized spacial score (nSPS) is 37.7. The average molecular weight is 1400 g/mol. The van der Waals surface area contributed by atoms with E-state index in [4.69, 9.17) is 42.6 Å². The zero-order valence-electron chi connectivity index (χ0n) is 66.7. The van der Waals surface area contributed by atoms with Crippen molar-refractivity contribution in [3.63, 3.8) is 0 Å². The van der Waals surface area contributed by atoms with E-state index in [9.17, 15) is 24.0 Å². The Bertz CT molecular complexity index is 2710. The third kappa shape index (κ3) is 17.6. The van der Waals surface area contributed by atoms with Gasteiger partial charge in [-0.3, -0.25) is 24.0 Å². The molecule has 0 amide bonds. The lowest BCUT2D eigenvalue weighted by atomic mass is 9.55. The summed E-state index contributed by atoms with van der Waals surface area (Å²) in [6.07, 6.45) is 34.5. The molecule has 572 valence electrons. The van der Waals surface area contributed by atoms with E-state index in [2.05, 4.69) is 13.8 Å². The van der Waals surface area contributed by atoms with E-state index in [1.807, 2.05) is 125 Å². The van der Waals surface area contributed by atoms with Crippen LogP contribution in [-0.2, 0) is 66.6 Å². The van der Waals surface area contributed by atoms with Crippen LogP contribution in [0.1, 0.15) is 318 Å². The van der Waals surface area contributed by atoms with Crippen LogP contribution >= 0.6 is 0 Å². The second-order valence-electron chi connectivity index (χ2n) is 39.0. The molecular weight excluding hydrogens is 1260 g/mol. The SMILES string of the molecule is CCC(C)(C)C(=O)OC(C)OC1C2CC3CC(C2)CC1C3.CCC(C)(C)C(=O)OC(C)OC1CC2CC1C1C3CCC(C3)C21.CCC(C)(C)C(=O)OC(C)OC1CC2CCC1C2.CCC(C)(C)C(=O)OC1(C(C)C)CCCC1.CCC(C)(C)C(=O)OCOC1CC2CC1C1C3CCC(C3)C21. The molecule has 15 rings (SSSR count). The molecule has 0 radical (unpaired) electrons. The van der Waals surface area contributed by atoms with Gasteiger partial charge in [-0.05, 0) is 382 Å². The summed E-state index contributed by atoms with van der Waals surface area (Å²) in [6, 6.07) is 0. The van der Waals surface area contributed by atoms with Crippen LogP contribution in [0.25, 0.3) is 0 Å². The fourth-order valence-corrected chi connectivity index (χ4v) is 22.7. The van der Waals surface area contributed by atoms with E-state index >= 15 is 0 Å². The van der Waals surface area contributed by atoms with Crippen LogP contribution in [-0.4, -0.2) is 85.5 Å². The Morgan fingerprint density at radius 3 is 1.16 bits per heavy atom. The summed E-state index contributed by atoms with van der Waals surface area (Å²) in [5.74, 6) is 15.9. The van der Waals surface area contributed by atoms with E-state index in [-0.39, 0.29) is 47.7 Å². The monoisotopic (exact) mass is 1400 g/mol. The van der Waals surface area contributed by atoms with Crippen LogP contribution < -0.4 is 0 Å². The zero-order valence-corrected chi connectivity index (χ0v) is 66.7. The maximum atomic E-state index is 12.2. The number of hydrogen-bond donors (Lipinski definition) is 0. The molecule has 14 heteroatoms. The Balaban J connectivity index is 0.000000136. The van der Waals surface area contributed by atoms with Gasteiger partial charge in [0.25, 0.3) is 0 Å². The van der Waals surface area contributed by atoms with Gasteiger partial charge < -0.3 is 42.6 Å². The van der Waals surface area contributed by atoms with Crippen molar-refractivity contribution in [1.82, 2.24) is 0 Å². The van der Waals surface area contributed by atoms with Crippen LogP contribution in [0.5, 0.6) is 0 Å². The first kappa shape index (κ1) is 79.7. The maximum absolute atomic E-state index is 12.2. The highest BCUT2D eigenvalue weighted by atomic mass is 16.7. The van der Waals surface area contributed by atoms with Crippen molar-refractivity contribution in [2.75, 3.05) is 6.79 Å². The predicted octanol–water partition coefficient (Wildman–Crippen LogP) is 20.0. The molecule has 20 atom stereocenters. The molecule has 15 aliphatic carbocycles. The van der Waals surface area contributed by atoms with Gasteiger partial charge in [-0.15, -0.1) is 0 Å². The Labute approximate surface area is 607 Å². The number of rotatable bonds is 24. The van der Waals surface area contributed by atoms with Gasteiger partial charge in [0.2, 0.25) is 0 Å². The molecule has 0 heterocycles. The summed E-state index contributed by atoms with van der Waals surface area (Å²) in [5.41, 5.74) is -2.16. The van der Waals surface area contributed by atoms with Crippen LogP contribution in [0.2, 0.25) is 0 Å². The molecule has 100 heavy (non-hydrogen) atoms. The summed E-state index contributed by atoms with van der Waals surface area (Å²) in [6.45, 7) is 39.6. The molecular formula is C86H144O14. The van der Waals surface area contributed by atoms with Gasteiger partial charge in [-0.1, -0.05) is 48.5 Å². The lowest BCUT2D eigenvalue weighted by Gasteiger charge is -2.54. The van der Waals surface area contributed by atoms with Gasteiger partial charge in [-0.25, -0.2) is 0 Å². The highest BCUT2D eigenvalue weighted by Crippen LogP contribution is 2.69. The van der Waals surface area contributed by atoms with Crippen LogP contribution in [0, 0.1) is 140 Å². The molecule has 15 fully saturated rings. The van der Waals surface area contributed by atoms with Gasteiger partial charge >= 0.3 is 29.8 Å². The third-order valence-corrected chi connectivity index (χ3v) is 30.5. The summed E-state index contributed by atoms with van der Waals surface area (Å²) < 4.78 is 52.2. The molecule has 14 bridgehead atoms. The van der Waals surface area contributed by atoms with Crippen molar-refractivity contribution < 1.29 is 66.6 Å². The van der Waals surface area contributed by atoms with E-state index in [1.54, 1.807) is 0 Å². The van der Waals surface area contributed by atoms with E-state index < -0.39 is 40.5 Å². The number of hydrogen-bond acceptors (Lipinski definition) is 14. The topological polar surface area (TPSA) is 168 Å². The number of fused-ring (bicyclic) bond motifs is 20. The van der Waals surface area contributed by atoms with E-state index in [0.717, 1.165) is 140 Å². The van der Waals surface area contributed by atoms with Gasteiger partial charge in [-0.2, -0.15) is 0 Å². The Morgan fingerprint density at radius 2 is 0.740 bits per heavy atom. The van der Waals surface area contributed by atoms with Crippen molar-refractivity contribution in [1.29, 1.82) is 0 Å². The van der Waals surface area contributed by atoms with Gasteiger partial charge in [0.15, 0.2) is 25.7 Å². The minimum atomic E-state index is -0.415. The first-order chi connectivity index (χ1) is 47.1. The molecule has 0 N–H and O–H groups in total. The van der Waals surface area contributed by atoms with Crippen molar-refractivity contribution in [3.8, 4) is 0 Å². The smallest absolute Gasteiger partial charge is 0.313 e. The van der Waals surface area contributed by atoms with Crippen molar-refractivity contribution in [2.45, 2.75) is 367 Å². The standard InChI is InChI=1S/C20H32O3.C19H30O3.C18H30O3.C15H26O3.C14H26O2/c1-5-20(3,4)19(21)23-11(2)22-16-10-14-9-15(16)18-13-7-6-12(8-13)17(14)18;1-4-19(2,3)18(20)22-10-21-15-9-13-8-14(15)17-12-6-5-11(7-12)16(13)17;1-5-18(3,4)17(19)21-11(2)20-16-14-7-12-6-13(9-14)10-15(16)8-12;1-5-15(3,4)14(16)18-10(2)17-13-9-11-6-7-12(13)8-11;1-6-13(4,5)12(15)16-14(11(2)3)9-7-8-10-14/h11-18H,5-10H2,1-4H3;11-17H,4-10H2,1-3H3;11-16H,5-10H2,1-4H3;10-13H,5-9H2,1-4H3;11H,6-10H2,1-5H3. The van der Waals surface area contributed by atoms with E-state index in [1.165, 1.54) is 128 Å². The van der Waals surface area contributed by atoms with Crippen LogP contribution in [0.3, 0.4) is 0 Å². The lowest BCUT2D eigenvalue weighted by molar-refractivity contribution is -0.224. The largest absolute Gasteiger partial charge is 0.458 e. The van der Waals surface area contributed by atoms with E-state index in [0.29, 0.717) is 48.1 Å². The second kappa shape index (κ2) is 32.3. The number of carbonyl (C=O) groups is 5. The molecule has 0 aromatic carbocycles. The summed E-state index contributed by atoms with van der Waals surface area (Å²) in [4.78, 5) is 60.5. The lowest BCUT2D eigenvalue weighted by Crippen LogP contribution is -2.50. The third-order valence-electron chi connectivity index (χ3n) is 30.5. The van der Waals surface area contributed by atoms with Crippen LogP contribution in [0.15, 0.2) is 0 Å². The molecule has 0 aromatic heterocycles. The molecule has 0 spiro atoms. The maximum Gasteiger partial charge on any atom is 0.313 e. The molecule has 14 nitrogen and oxygen atoms in total. The van der Waals surface area contributed by atoms with Gasteiger partial charge in [0, 0.05) is 0 Å².